The molecule has 3 aromatic rings. The van der Waals surface area contributed by atoms with Crippen molar-refractivity contribution < 1.29 is 14.3 Å². The second-order valence-electron chi connectivity index (χ2n) is 6.64. The number of amides is 1. The molecule has 3 rings (SSSR count). The number of anilines is 1. The summed E-state index contributed by atoms with van der Waals surface area (Å²) in [5.41, 5.74) is 2.20. The van der Waals surface area contributed by atoms with Gasteiger partial charge in [0.1, 0.15) is 22.2 Å². The zero-order chi connectivity index (χ0) is 23.3. The molecule has 0 bridgehead atoms. The molecule has 0 spiro atoms. The van der Waals surface area contributed by atoms with Crippen LogP contribution in [0.2, 0.25) is 10.0 Å². The summed E-state index contributed by atoms with van der Waals surface area (Å²) in [6, 6.07) is 15.7. The van der Waals surface area contributed by atoms with Crippen LogP contribution in [0.25, 0.3) is 17.2 Å². The lowest BCUT2D eigenvalue weighted by Crippen LogP contribution is -2.16. The molecule has 0 saturated heterocycles. The highest BCUT2D eigenvalue weighted by Crippen LogP contribution is 2.41. The Balaban J connectivity index is 2.01. The van der Waals surface area contributed by atoms with Gasteiger partial charge in [0.25, 0.3) is 5.91 Å². The number of esters is 1. The molecule has 32 heavy (non-hydrogen) atoms. The molecule has 0 radical (unpaired) electrons. The van der Waals surface area contributed by atoms with Crippen LogP contribution in [0.1, 0.15) is 27.7 Å². The molecular weight excluding hydrogens is 467 g/mol. The number of rotatable bonds is 6. The monoisotopic (exact) mass is 484 g/mol. The molecular formula is C24H18Cl2N2O3S. The predicted molar refractivity (Wildman–Crippen MR) is 129 cm³/mol. The first kappa shape index (κ1) is 23.6. The van der Waals surface area contributed by atoms with Crippen LogP contribution in [0.3, 0.4) is 0 Å². The Morgan fingerprint density at radius 2 is 1.69 bits per heavy atom. The molecule has 8 heteroatoms. The maximum absolute atomic E-state index is 12.9. The lowest BCUT2D eigenvalue weighted by atomic mass is 10.0. The Morgan fingerprint density at radius 3 is 2.25 bits per heavy atom. The number of hydrogen-bond acceptors (Lipinski definition) is 5. The lowest BCUT2D eigenvalue weighted by Gasteiger charge is -2.09. The van der Waals surface area contributed by atoms with Crippen molar-refractivity contribution in [2.45, 2.75) is 13.8 Å². The number of carbonyl (C=O) groups excluding carboxylic acids is 2. The van der Waals surface area contributed by atoms with Crippen molar-refractivity contribution in [2.24, 2.45) is 0 Å². The van der Waals surface area contributed by atoms with Crippen LogP contribution < -0.4 is 5.32 Å². The average Bonchev–Trinajstić information content (AvgIpc) is 3.09. The Bertz CT molecular complexity index is 1220. The predicted octanol–water partition coefficient (Wildman–Crippen LogP) is 6.75. The molecule has 1 N–H and O–H groups in total. The van der Waals surface area contributed by atoms with Crippen molar-refractivity contribution in [2.75, 3.05) is 11.9 Å². The van der Waals surface area contributed by atoms with E-state index in [1.54, 1.807) is 55.5 Å². The van der Waals surface area contributed by atoms with Gasteiger partial charge >= 0.3 is 5.97 Å². The zero-order valence-electron chi connectivity index (χ0n) is 17.2. The van der Waals surface area contributed by atoms with Crippen LogP contribution in [-0.4, -0.2) is 18.5 Å². The Labute approximate surface area is 199 Å². The number of nitrogens with one attached hydrogen (secondary N) is 1. The van der Waals surface area contributed by atoms with E-state index in [9.17, 15) is 14.9 Å². The van der Waals surface area contributed by atoms with Gasteiger partial charge in [0.15, 0.2) is 0 Å². The van der Waals surface area contributed by atoms with Gasteiger partial charge in [-0.2, -0.15) is 5.26 Å². The van der Waals surface area contributed by atoms with Crippen LogP contribution in [0.5, 0.6) is 0 Å². The first-order valence-electron chi connectivity index (χ1n) is 9.59. The molecule has 0 aliphatic carbocycles. The van der Waals surface area contributed by atoms with E-state index in [-0.39, 0.29) is 17.7 Å². The van der Waals surface area contributed by atoms with Gasteiger partial charge in [0.2, 0.25) is 0 Å². The van der Waals surface area contributed by atoms with Gasteiger partial charge in [-0.1, -0.05) is 47.5 Å². The molecule has 0 aliphatic rings. The molecule has 5 nitrogen and oxygen atoms in total. The summed E-state index contributed by atoms with van der Waals surface area (Å²) >= 11 is 13.1. The molecule has 0 saturated carbocycles. The molecule has 1 amide bonds. The van der Waals surface area contributed by atoms with E-state index in [4.69, 9.17) is 27.9 Å². The zero-order valence-corrected chi connectivity index (χ0v) is 19.6. The fourth-order valence-corrected chi connectivity index (χ4v) is 4.35. The van der Waals surface area contributed by atoms with Crippen molar-refractivity contribution in [3.63, 3.8) is 0 Å². The van der Waals surface area contributed by atoms with Gasteiger partial charge < -0.3 is 10.1 Å². The Kier molecular flexibility index (Phi) is 7.70. The summed E-state index contributed by atoms with van der Waals surface area (Å²) < 4.78 is 5.24. The van der Waals surface area contributed by atoms with Gasteiger partial charge in [0, 0.05) is 20.5 Å². The van der Waals surface area contributed by atoms with E-state index in [2.05, 4.69) is 5.32 Å². The Hall–Kier alpha value is -3.11. The van der Waals surface area contributed by atoms with Gasteiger partial charge in [-0.15, -0.1) is 11.3 Å². The highest BCUT2D eigenvalue weighted by atomic mass is 35.5. The maximum atomic E-state index is 12.9. The van der Waals surface area contributed by atoms with Gasteiger partial charge in [-0.3, -0.25) is 4.79 Å². The van der Waals surface area contributed by atoms with Crippen molar-refractivity contribution in [1.82, 2.24) is 0 Å². The highest BCUT2D eigenvalue weighted by molar-refractivity contribution is 7.17. The van der Waals surface area contributed by atoms with Crippen molar-refractivity contribution in [1.29, 1.82) is 5.26 Å². The number of benzene rings is 2. The smallest absolute Gasteiger partial charge is 0.341 e. The van der Waals surface area contributed by atoms with E-state index < -0.39 is 11.9 Å². The summed E-state index contributed by atoms with van der Waals surface area (Å²) in [5, 5.41) is 13.7. The number of nitrogens with zero attached hydrogens (tertiary/aromatic N) is 1. The molecule has 162 valence electrons. The van der Waals surface area contributed by atoms with Crippen LogP contribution in [0, 0.1) is 18.3 Å². The number of hydrogen-bond donors (Lipinski definition) is 1. The first-order chi connectivity index (χ1) is 15.3. The molecule has 0 aliphatic heterocycles. The minimum absolute atomic E-state index is 0.110. The van der Waals surface area contributed by atoms with Crippen LogP contribution in [-0.2, 0) is 9.53 Å². The second kappa shape index (κ2) is 10.5. The molecule has 0 atom stereocenters. The average molecular weight is 485 g/mol. The molecule has 2 aromatic carbocycles. The van der Waals surface area contributed by atoms with Crippen LogP contribution in [0.15, 0.2) is 54.1 Å². The lowest BCUT2D eigenvalue weighted by molar-refractivity contribution is -0.112. The molecule has 1 aromatic heterocycles. The topological polar surface area (TPSA) is 79.2 Å². The summed E-state index contributed by atoms with van der Waals surface area (Å²) in [7, 11) is 0. The van der Waals surface area contributed by atoms with Crippen LogP contribution >= 0.6 is 34.5 Å². The summed E-state index contributed by atoms with van der Waals surface area (Å²) in [5.74, 6) is -1.19. The molecule has 1 heterocycles. The van der Waals surface area contributed by atoms with Gasteiger partial charge in [0.05, 0.1) is 6.61 Å². The molecule has 0 unspecified atom stereocenters. The van der Waals surface area contributed by atoms with Gasteiger partial charge in [-0.05, 0) is 55.3 Å². The van der Waals surface area contributed by atoms with E-state index in [1.165, 1.54) is 17.4 Å². The first-order valence-corrected chi connectivity index (χ1v) is 11.2. The third-order valence-corrected chi connectivity index (χ3v) is 5.99. The summed E-state index contributed by atoms with van der Waals surface area (Å²) in [6.45, 7) is 3.74. The fourth-order valence-electron chi connectivity index (χ4n) is 3.04. The van der Waals surface area contributed by atoms with Crippen molar-refractivity contribution in [3.05, 3.63) is 80.2 Å². The number of aryl methyl sites for hydroxylation is 1. The number of nitriles is 1. The fraction of sp³-hybridized carbons (Fsp3) is 0.125. The van der Waals surface area contributed by atoms with Crippen LogP contribution in [0.4, 0.5) is 5.00 Å². The summed E-state index contributed by atoms with van der Waals surface area (Å²) in [6.07, 6.45) is 1.45. The van der Waals surface area contributed by atoms with Crippen molar-refractivity contribution >= 4 is 57.5 Å². The number of carbonyl (C=O) groups is 2. The maximum Gasteiger partial charge on any atom is 0.341 e. The van der Waals surface area contributed by atoms with Crippen molar-refractivity contribution in [3.8, 4) is 17.2 Å². The SMILES string of the molecule is CCOC(=O)c1c(NC(=O)C(C#N)=Cc2ccc(Cl)cc2)sc(C)c1-c1ccc(Cl)cc1. The number of ether oxygens (including phenoxy) is 1. The normalized spacial score (nSPS) is 11.0. The summed E-state index contributed by atoms with van der Waals surface area (Å²) in [4.78, 5) is 26.5. The van der Waals surface area contributed by atoms with Gasteiger partial charge in [-0.25, -0.2) is 4.79 Å². The van der Waals surface area contributed by atoms with E-state index in [0.717, 1.165) is 10.4 Å². The number of halogens is 2. The van der Waals surface area contributed by atoms with E-state index in [1.807, 2.05) is 13.0 Å². The standard InChI is InChI=1S/C24H18Cl2N2O3S/c1-3-31-24(30)21-20(16-6-10-19(26)11-7-16)14(2)32-23(21)28-22(29)17(13-27)12-15-4-8-18(25)9-5-15/h4-12H,3H2,1-2H3,(H,28,29). The third-order valence-electron chi connectivity index (χ3n) is 4.47. The minimum atomic E-state index is -0.628. The second-order valence-corrected chi connectivity index (χ2v) is 8.74. The van der Waals surface area contributed by atoms with E-state index >= 15 is 0 Å². The number of thiophene rings is 1. The Morgan fingerprint density at radius 1 is 1.09 bits per heavy atom. The van der Waals surface area contributed by atoms with E-state index in [0.29, 0.717) is 26.2 Å². The largest absolute Gasteiger partial charge is 0.462 e. The minimum Gasteiger partial charge on any atom is -0.462 e. The third kappa shape index (κ3) is 5.38. The highest BCUT2D eigenvalue weighted by Gasteiger charge is 2.26. The molecule has 0 fully saturated rings. The quantitative estimate of drug-likeness (QED) is 0.238.